The minimum Gasteiger partial charge on any atom is -0.493 e. The monoisotopic (exact) mass is 427 g/mol. The molecule has 0 radical (unpaired) electrons. The summed E-state index contributed by atoms with van der Waals surface area (Å²) < 4.78 is 16.2. The van der Waals surface area contributed by atoms with Crippen LogP contribution < -0.4 is 14.8 Å². The summed E-state index contributed by atoms with van der Waals surface area (Å²) in [6, 6.07) is 13.1. The zero-order valence-corrected chi connectivity index (χ0v) is 17.3. The predicted octanol–water partition coefficient (Wildman–Crippen LogP) is 4.70. The Morgan fingerprint density at radius 1 is 1.14 bits per heavy atom. The highest BCUT2D eigenvalue weighted by Crippen LogP contribution is 2.33. The molecule has 2 aromatic carbocycles. The number of fused-ring (bicyclic) bond motifs is 1. The second-order valence-corrected chi connectivity index (χ2v) is 7.68. The molecule has 9 heteroatoms. The van der Waals surface area contributed by atoms with Crippen LogP contribution in [0.3, 0.4) is 0 Å². The number of para-hydroxylation sites is 2. The molecule has 0 aliphatic heterocycles. The van der Waals surface area contributed by atoms with E-state index >= 15 is 0 Å². The van der Waals surface area contributed by atoms with Crippen molar-refractivity contribution in [2.24, 2.45) is 0 Å². The Morgan fingerprint density at radius 3 is 2.76 bits per heavy atom. The van der Waals surface area contributed by atoms with Crippen molar-refractivity contribution in [1.82, 2.24) is 9.97 Å². The topological polar surface area (TPSA) is 86.5 Å². The van der Waals surface area contributed by atoms with E-state index in [4.69, 9.17) is 13.9 Å². The zero-order chi connectivity index (χ0) is 20.2. The number of hydrogen-bond acceptors (Lipinski definition) is 8. The SMILES string of the molecule is COc1ccc(-c2csc(NC(=O)CSc3nc4ccccc4o3)n2)cc1OC. The van der Waals surface area contributed by atoms with Crippen LogP contribution in [0, 0.1) is 0 Å². The second-order valence-electron chi connectivity index (χ2n) is 5.89. The summed E-state index contributed by atoms with van der Waals surface area (Å²) in [5.41, 5.74) is 3.10. The van der Waals surface area contributed by atoms with E-state index < -0.39 is 0 Å². The van der Waals surface area contributed by atoms with E-state index in [1.165, 1.54) is 23.1 Å². The van der Waals surface area contributed by atoms with Gasteiger partial charge in [0.2, 0.25) is 5.91 Å². The van der Waals surface area contributed by atoms with Crippen molar-refractivity contribution < 1.29 is 18.7 Å². The number of aromatic nitrogens is 2. The van der Waals surface area contributed by atoms with Gasteiger partial charge in [-0.3, -0.25) is 4.79 Å². The molecule has 0 saturated carbocycles. The molecule has 0 aliphatic carbocycles. The highest BCUT2D eigenvalue weighted by molar-refractivity contribution is 7.99. The zero-order valence-electron chi connectivity index (χ0n) is 15.7. The van der Waals surface area contributed by atoms with Crippen LogP contribution in [0.4, 0.5) is 5.13 Å². The van der Waals surface area contributed by atoms with Gasteiger partial charge in [-0.25, -0.2) is 9.97 Å². The third-order valence-electron chi connectivity index (χ3n) is 4.03. The van der Waals surface area contributed by atoms with Gasteiger partial charge in [0.25, 0.3) is 5.22 Å². The summed E-state index contributed by atoms with van der Waals surface area (Å²) >= 11 is 2.60. The van der Waals surface area contributed by atoms with Gasteiger partial charge in [-0.2, -0.15) is 0 Å². The first-order chi connectivity index (χ1) is 14.2. The van der Waals surface area contributed by atoms with Crippen molar-refractivity contribution >= 4 is 45.2 Å². The maximum Gasteiger partial charge on any atom is 0.257 e. The van der Waals surface area contributed by atoms with E-state index in [1.807, 2.05) is 47.8 Å². The normalized spacial score (nSPS) is 10.8. The van der Waals surface area contributed by atoms with Crippen molar-refractivity contribution in [3.8, 4) is 22.8 Å². The molecule has 4 rings (SSSR count). The second kappa shape index (κ2) is 8.54. The molecule has 0 saturated heterocycles. The Hall–Kier alpha value is -3.04. The van der Waals surface area contributed by atoms with Crippen LogP contribution in [0.1, 0.15) is 0 Å². The van der Waals surface area contributed by atoms with Gasteiger partial charge < -0.3 is 19.2 Å². The molecule has 0 fully saturated rings. The first kappa shape index (κ1) is 19.3. The van der Waals surface area contributed by atoms with Gasteiger partial charge in [-0.05, 0) is 30.3 Å². The van der Waals surface area contributed by atoms with Gasteiger partial charge >= 0.3 is 0 Å². The third kappa shape index (κ3) is 4.36. The van der Waals surface area contributed by atoms with Crippen LogP contribution in [0.5, 0.6) is 11.5 Å². The van der Waals surface area contributed by atoms with Crippen LogP contribution in [0.15, 0.2) is 57.5 Å². The fraction of sp³-hybridized carbons (Fsp3) is 0.150. The average Bonchev–Trinajstić information content (AvgIpc) is 3.38. The molecule has 7 nitrogen and oxygen atoms in total. The molecular weight excluding hydrogens is 410 g/mol. The molecule has 0 unspecified atom stereocenters. The van der Waals surface area contributed by atoms with Crippen molar-refractivity contribution in [2.75, 3.05) is 25.3 Å². The van der Waals surface area contributed by atoms with E-state index in [0.29, 0.717) is 27.4 Å². The molecule has 0 atom stereocenters. The maximum absolute atomic E-state index is 12.3. The van der Waals surface area contributed by atoms with Crippen LogP contribution >= 0.6 is 23.1 Å². The molecule has 0 aliphatic rings. The Balaban J connectivity index is 1.39. The summed E-state index contributed by atoms with van der Waals surface area (Å²) in [5, 5.41) is 5.68. The fourth-order valence-electron chi connectivity index (χ4n) is 2.65. The number of rotatable bonds is 7. The lowest BCUT2D eigenvalue weighted by Gasteiger charge is -2.08. The molecule has 4 aromatic rings. The number of carbonyl (C=O) groups excluding carboxylic acids is 1. The number of thioether (sulfide) groups is 1. The summed E-state index contributed by atoms with van der Waals surface area (Å²) in [6.07, 6.45) is 0. The molecule has 2 heterocycles. The Bertz CT molecular complexity index is 1120. The first-order valence-electron chi connectivity index (χ1n) is 8.62. The van der Waals surface area contributed by atoms with Gasteiger partial charge in [0.1, 0.15) is 5.52 Å². The van der Waals surface area contributed by atoms with Crippen LogP contribution in [-0.2, 0) is 4.79 Å². The Morgan fingerprint density at radius 2 is 1.97 bits per heavy atom. The minimum atomic E-state index is -0.175. The van der Waals surface area contributed by atoms with E-state index in [9.17, 15) is 4.79 Å². The lowest BCUT2D eigenvalue weighted by molar-refractivity contribution is -0.113. The molecule has 29 heavy (non-hydrogen) atoms. The number of oxazole rings is 1. The van der Waals surface area contributed by atoms with Crippen LogP contribution in [0.25, 0.3) is 22.4 Å². The summed E-state index contributed by atoms with van der Waals surface area (Å²) in [7, 11) is 3.18. The van der Waals surface area contributed by atoms with Crippen molar-refractivity contribution in [2.45, 2.75) is 5.22 Å². The van der Waals surface area contributed by atoms with Gasteiger partial charge in [-0.1, -0.05) is 23.9 Å². The number of nitrogens with zero attached hydrogens (tertiary/aromatic N) is 2. The molecule has 0 bridgehead atoms. The molecule has 1 N–H and O–H groups in total. The van der Waals surface area contributed by atoms with Crippen molar-refractivity contribution in [3.05, 3.63) is 47.8 Å². The average molecular weight is 428 g/mol. The number of thiazole rings is 1. The van der Waals surface area contributed by atoms with Gasteiger partial charge in [0, 0.05) is 10.9 Å². The fourth-order valence-corrected chi connectivity index (χ4v) is 4.03. The summed E-state index contributed by atoms with van der Waals surface area (Å²) in [4.78, 5) is 21.1. The molecule has 0 spiro atoms. The van der Waals surface area contributed by atoms with Crippen LogP contribution in [0.2, 0.25) is 0 Å². The number of carbonyl (C=O) groups is 1. The number of anilines is 1. The minimum absolute atomic E-state index is 0.175. The highest BCUT2D eigenvalue weighted by atomic mass is 32.2. The van der Waals surface area contributed by atoms with Gasteiger partial charge in [0.05, 0.1) is 25.7 Å². The largest absolute Gasteiger partial charge is 0.493 e. The van der Waals surface area contributed by atoms with E-state index in [0.717, 1.165) is 16.8 Å². The smallest absolute Gasteiger partial charge is 0.257 e. The van der Waals surface area contributed by atoms with Crippen molar-refractivity contribution in [1.29, 1.82) is 0 Å². The number of nitrogens with one attached hydrogen (secondary N) is 1. The molecule has 1 amide bonds. The number of ether oxygens (including phenoxy) is 2. The summed E-state index contributed by atoms with van der Waals surface area (Å²) in [5.74, 6) is 1.28. The molecule has 2 aromatic heterocycles. The third-order valence-corrected chi connectivity index (χ3v) is 5.62. The number of hydrogen-bond donors (Lipinski definition) is 1. The summed E-state index contributed by atoms with van der Waals surface area (Å²) in [6.45, 7) is 0. The van der Waals surface area contributed by atoms with Gasteiger partial charge in [0.15, 0.2) is 22.2 Å². The number of amides is 1. The van der Waals surface area contributed by atoms with Crippen LogP contribution in [-0.4, -0.2) is 35.8 Å². The van der Waals surface area contributed by atoms with E-state index in [1.54, 1.807) is 14.2 Å². The van der Waals surface area contributed by atoms with E-state index in [-0.39, 0.29) is 11.7 Å². The lowest BCUT2D eigenvalue weighted by atomic mass is 10.1. The highest BCUT2D eigenvalue weighted by Gasteiger charge is 2.13. The predicted molar refractivity (Wildman–Crippen MR) is 114 cm³/mol. The lowest BCUT2D eigenvalue weighted by Crippen LogP contribution is -2.13. The Kier molecular flexibility index (Phi) is 5.68. The number of benzene rings is 2. The van der Waals surface area contributed by atoms with E-state index in [2.05, 4.69) is 15.3 Å². The quantitative estimate of drug-likeness (QED) is 0.428. The number of methoxy groups -OCH3 is 2. The van der Waals surface area contributed by atoms with Crippen molar-refractivity contribution in [3.63, 3.8) is 0 Å². The Labute approximate surface area is 175 Å². The van der Waals surface area contributed by atoms with Gasteiger partial charge in [-0.15, -0.1) is 11.3 Å². The first-order valence-corrected chi connectivity index (χ1v) is 10.5. The molecular formula is C20H17N3O4S2. The maximum atomic E-state index is 12.3. The molecule has 148 valence electrons. The standard InChI is InChI=1S/C20H17N3O4S2/c1-25-16-8-7-12(9-17(16)26-2)14-10-28-19(21-14)23-18(24)11-29-20-22-13-5-3-4-6-15(13)27-20/h3-10H,11H2,1-2H3,(H,21,23,24).